The van der Waals surface area contributed by atoms with Gasteiger partial charge in [-0.05, 0) is 51.8 Å². The van der Waals surface area contributed by atoms with Crippen LogP contribution < -0.4 is 10.1 Å². The van der Waals surface area contributed by atoms with Crippen LogP contribution in [0.1, 0.15) is 38.7 Å². The number of nitrogens with zero attached hydrogens (tertiary/aromatic N) is 1. The van der Waals surface area contributed by atoms with Crippen LogP contribution in [-0.4, -0.2) is 43.2 Å². The molecule has 21 heavy (non-hydrogen) atoms. The Bertz CT molecular complexity index is 413. The molecule has 1 saturated heterocycles. The Morgan fingerprint density at radius 3 is 2.76 bits per heavy atom. The molecule has 0 radical (unpaired) electrons. The van der Waals surface area contributed by atoms with E-state index in [1.54, 1.807) is 0 Å². The lowest BCUT2D eigenvalue weighted by Crippen LogP contribution is -2.47. The van der Waals surface area contributed by atoms with E-state index in [4.69, 9.17) is 4.74 Å². The van der Waals surface area contributed by atoms with Crippen LogP contribution in [0, 0.1) is 6.92 Å². The van der Waals surface area contributed by atoms with Gasteiger partial charge in [-0.2, -0.15) is 0 Å². The average molecular weight is 290 g/mol. The van der Waals surface area contributed by atoms with Gasteiger partial charge < -0.3 is 10.1 Å². The number of para-hydroxylation sites is 1. The number of ether oxygens (including phenoxy) is 1. The Morgan fingerprint density at radius 1 is 1.29 bits per heavy atom. The van der Waals surface area contributed by atoms with Crippen molar-refractivity contribution in [2.24, 2.45) is 0 Å². The van der Waals surface area contributed by atoms with E-state index < -0.39 is 0 Å². The maximum Gasteiger partial charge on any atom is 0.122 e. The van der Waals surface area contributed by atoms with Gasteiger partial charge in [-0.25, -0.2) is 0 Å². The summed E-state index contributed by atoms with van der Waals surface area (Å²) in [7, 11) is 0. The minimum absolute atomic E-state index is 0.564. The van der Waals surface area contributed by atoms with Crippen molar-refractivity contribution in [3.05, 3.63) is 29.8 Å². The van der Waals surface area contributed by atoms with Gasteiger partial charge in [-0.1, -0.05) is 24.6 Å². The molecule has 1 unspecified atom stereocenters. The van der Waals surface area contributed by atoms with E-state index in [9.17, 15) is 0 Å². The Morgan fingerprint density at radius 2 is 2.10 bits per heavy atom. The summed E-state index contributed by atoms with van der Waals surface area (Å²) in [6.45, 7) is 10.7. The van der Waals surface area contributed by atoms with Gasteiger partial charge in [-0.3, -0.25) is 4.90 Å². The molecular formula is C18H30N2O. The molecule has 0 amide bonds. The van der Waals surface area contributed by atoms with Crippen molar-refractivity contribution < 1.29 is 4.74 Å². The highest BCUT2D eigenvalue weighted by Crippen LogP contribution is 2.16. The molecule has 1 aromatic rings. The summed E-state index contributed by atoms with van der Waals surface area (Å²) in [5.41, 5.74) is 1.21. The first-order valence-electron chi connectivity index (χ1n) is 8.32. The number of piperidine rings is 1. The van der Waals surface area contributed by atoms with Crippen LogP contribution in [0.25, 0.3) is 0 Å². The Balaban J connectivity index is 1.78. The van der Waals surface area contributed by atoms with Crippen molar-refractivity contribution in [2.75, 3.05) is 26.2 Å². The van der Waals surface area contributed by atoms with Gasteiger partial charge in [0.2, 0.25) is 0 Å². The topological polar surface area (TPSA) is 24.5 Å². The van der Waals surface area contributed by atoms with Crippen molar-refractivity contribution in [3.63, 3.8) is 0 Å². The molecule has 0 aromatic heterocycles. The largest absolute Gasteiger partial charge is 0.492 e. The molecule has 3 nitrogen and oxygen atoms in total. The maximum absolute atomic E-state index is 5.94. The van der Waals surface area contributed by atoms with Crippen molar-refractivity contribution in [2.45, 2.75) is 52.1 Å². The smallest absolute Gasteiger partial charge is 0.122 e. The molecule has 0 saturated carbocycles. The van der Waals surface area contributed by atoms with Crippen molar-refractivity contribution in [1.29, 1.82) is 0 Å². The molecule has 118 valence electrons. The van der Waals surface area contributed by atoms with Crippen LogP contribution in [0.4, 0.5) is 0 Å². The fourth-order valence-corrected chi connectivity index (χ4v) is 2.91. The fourth-order valence-electron chi connectivity index (χ4n) is 2.91. The predicted octanol–water partition coefficient (Wildman–Crippen LogP) is 3.23. The van der Waals surface area contributed by atoms with E-state index in [0.29, 0.717) is 12.1 Å². The standard InChI is InChI=1S/C18H30N2O/c1-15(2)20(14-17-9-6-7-11-19-17)12-13-21-18-10-5-4-8-16(18)3/h4-5,8,10,15,17,19H,6-7,9,11-14H2,1-3H3. The molecule has 1 aliphatic heterocycles. The zero-order chi connectivity index (χ0) is 15.1. The molecule has 1 fully saturated rings. The van der Waals surface area contributed by atoms with Gasteiger partial charge in [-0.15, -0.1) is 0 Å². The first-order valence-corrected chi connectivity index (χ1v) is 8.32. The monoisotopic (exact) mass is 290 g/mol. The molecule has 1 heterocycles. The van der Waals surface area contributed by atoms with Gasteiger partial charge in [0.15, 0.2) is 0 Å². The summed E-state index contributed by atoms with van der Waals surface area (Å²) < 4.78 is 5.94. The molecule has 0 aliphatic carbocycles. The fraction of sp³-hybridized carbons (Fsp3) is 0.667. The van der Waals surface area contributed by atoms with E-state index in [1.165, 1.54) is 31.4 Å². The number of aryl methyl sites for hydroxylation is 1. The summed E-state index contributed by atoms with van der Waals surface area (Å²) in [5, 5.41) is 3.64. The van der Waals surface area contributed by atoms with Gasteiger partial charge in [0.25, 0.3) is 0 Å². The molecular weight excluding hydrogens is 260 g/mol. The van der Waals surface area contributed by atoms with Crippen LogP contribution in [-0.2, 0) is 0 Å². The van der Waals surface area contributed by atoms with E-state index in [0.717, 1.165) is 25.4 Å². The molecule has 1 aliphatic rings. The minimum Gasteiger partial charge on any atom is -0.492 e. The Kier molecular flexibility index (Phi) is 6.52. The number of hydrogen-bond acceptors (Lipinski definition) is 3. The molecule has 1 aromatic carbocycles. The third kappa shape index (κ3) is 5.33. The maximum atomic E-state index is 5.94. The Hall–Kier alpha value is -1.06. The van der Waals surface area contributed by atoms with Crippen molar-refractivity contribution in [3.8, 4) is 5.75 Å². The van der Waals surface area contributed by atoms with Gasteiger partial charge in [0.05, 0.1) is 0 Å². The van der Waals surface area contributed by atoms with E-state index in [-0.39, 0.29) is 0 Å². The highest BCUT2D eigenvalue weighted by molar-refractivity contribution is 5.31. The second-order valence-electron chi connectivity index (χ2n) is 6.35. The zero-order valence-electron chi connectivity index (χ0n) is 13.8. The van der Waals surface area contributed by atoms with Crippen LogP contribution in [0.2, 0.25) is 0 Å². The van der Waals surface area contributed by atoms with Gasteiger partial charge in [0, 0.05) is 25.2 Å². The molecule has 2 rings (SSSR count). The number of rotatable bonds is 7. The molecule has 1 N–H and O–H groups in total. The van der Waals surface area contributed by atoms with E-state index in [2.05, 4.69) is 49.2 Å². The van der Waals surface area contributed by atoms with Crippen LogP contribution >= 0.6 is 0 Å². The minimum atomic E-state index is 0.564. The molecule has 0 spiro atoms. The van der Waals surface area contributed by atoms with Crippen LogP contribution in [0.5, 0.6) is 5.75 Å². The lowest BCUT2D eigenvalue weighted by atomic mass is 10.0. The van der Waals surface area contributed by atoms with Gasteiger partial charge >= 0.3 is 0 Å². The number of hydrogen-bond donors (Lipinski definition) is 1. The number of benzene rings is 1. The molecule has 3 heteroatoms. The van der Waals surface area contributed by atoms with Gasteiger partial charge in [0.1, 0.15) is 12.4 Å². The second-order valence-corrected chi connectivity index (χ2v) is 6.35. The summed E-state index contributed by atoms with van der Waals surface area (Å²) in [6, 6.07) is 9.46. The third-order valence-electron chi connectivity index (χ3n) is 4.33. The van der Waals surface area contributed by atoms with Crippen LogP contribution in [0.3, 0.4) is 0 Å². The highest BCUT2D eigenvalue weighted by Gasteiger charge is 2.18. The summed E-state index contributed by atoms with van der Waals surface area (Å²) in [6.07, 6.45) is 4.00. The lowest BCUT2D eigenvalue weighted by Gasteiger charge is -2.33. The third-order valence-corrected chi connectivity index (χ3v) is 4.33. The normalized spacial score (nSPS) is 19.2. The summed E-state index contributed by atoms with van der Waals surface area (Å²) >= 11 is 0. The Labute approximate surface area is 129 Å². The predicted molar refractivity (Wildman–Crippen MR) is 89.0 cm³/mol. The zero-order valence-corrected chi connectivity index (χ0v) is 13.8. The first kappa shape index (κ1) is 16.3. The highest BCUT2D eigenvalue weighted by atomic mass is 16.5. The SMILES string of the molecule is Cc1ccccc1OCCN(CC1CCCCN1)C(C)C. The second kappa shape index (κ2) is 8.40. The van der Waals surface area contributed by atoms with Crippen molar-refractivity contribution in [1.82, 2.24) is 10.2 Å². The quantitative estimate of drug-likeness (QED) is 0.834. The lowest BCUT2D eigenvalue weighted by molar-refractivity contribution is 0.153. The van der Waals surface area contributed by atoms with E-state index >= 15 is 0 Å². The molecule has 1 atom stereocenters. The number of nitrogens with one attached hydrogen (secondary N) is 1. The van der Waals surface area contributed by atoms with Crippen LogP contribution in [0.15, 0.2) is 24.3 Å². The summed E-state index contributed by atoms with van der Waals surface area (Å²) in [4.78, 5) is 2.53. The average Bonchev–Trinajstić information content (AvgIpc) is 2.49. The van der Waals surface area contributed by atoms with E-state index in [1.807, 2.05) is 6.07 Å². The van der Waals surface area contributed by atoms with Crippen molar-refractivity contribution >= 4 is 0 Å². The first-order chi connectivity index (χ1) is 10.2. The summed E-state index contributed by atoms with van der Waals surface area (Å²) in [5.74, 6) is 1.01. The molecule has 0 bridgehead atoms.